The lowest BCUT2D eigenvalue weighted by Crippen LogP contribution is -2.15. The first kappa shape index (κ1) is 13.6. The number of nitrogen functional groups attached to an aromatic ring is 1. The van der Waals surface area contributed by atoms with Crippen molar-refractivity contribution in [2.45, 2.75) is 39.5 Å². The molecule has 2 rings (SSSR count). The molecule has 5 nitrogen and oxygen atoms in total. The van der Waals surface area contributed by atoms with Crippen molar-refractivity contribution in [3.05, 3.63) is 18.6 Å². The van der Waals surface area contributed by atoms with Gasteiger partial charge in [-0.2, -0.15) is 0 Å². The molecule has 0 aromatic carbocycles. The molecule has 104 valence electrons. The van der Waals surface area contributed by atoms with E-state index in [-0.39, 0.29) is 0 Å². The van der Waals surface area contributed by atoms with E-state index < -0.39 is 0 Å². The van der Waals surface area contributed by atoms with Gasteiger partial charge >= 0.3 is 0 Å². The van der Waals surface area contributed by atoms with Crippen LogP contribution in [0.3, 0.4) is 0 Å². The number of hydrogen-bond acceptors (Lipinski definition) is 4. The number of fused-ring (bicyclic) bond motifs is 1. The molecule has 2 aromatic heterocycles. The zero-order valence-electron chi connectivity index (χ0n) is 11.8. The van der Waals surface area contributed by atoms with Gasteiger partial charge in [0.25, 0.3) is 0 Å². The summed E-state index contributed by atoms with van der Waals surface area (Å²) in [5.74, 6) is 1.97. The molecule has 0 amide bonds. The Morgan fingerprint density at radius 3 is 3.00 bits per heavy atom. The van der Waals surface area contributed by atoms with Crippen LogP contribution in [0.2, 0.25) is 0 Å². The van der Waals surface area contributed by atoms with Crippen LogP contribution in [0, 0.1) is 5.92 Å². The Morgan fingerprint density at radius 1 is 1.42 bits per heavy atom. The zero-order valence-corrected chi connectivity index (χ0v) is 11.8. The highest BCUT2D eigenvalue weighted by Crippen LogP contribution is 2.17. The van der Waals surface area contributed by atoms with Gasteiger partial charge in [-0.05, 0) is 12.3 Å². The van der Waals surface area contributed by atoms with Gasteiger partial charge in [-0.3, -0.25) is 0 Å². The molecule has 0 fully saturated rings. The van der Waals surface area contributed by atoms with E-state index in [0.29, 0.717) is 11.7 Å². The van der Waals surface area contributed by atoms with E-state index in [1.165, 1.54) is 25.7 Å². The summed E-state index contributed by atoms with van der Waals surface area (Å²) in [4.78, 5) is 8.65. The third-order valence-electron chi connectivity index (χ3n) is 3.49. The molecule has 0 spiro atoms. The number of unbranched alkanes of at least 4 members (excludes halogenated alkanes) is 1. The fraction of sp³-hybridized carbons (Fsp3) is 0.571. The molecule has 0 aliphatic heterocycles. The van der Waals surface area contributed by atoms with Crippen LogP contribution in [-0.4, -0.2) is 20.9 Å². The van der Waals surface area contributed by atoms with Crippen LogP contribution < -0.4 is 11.1 Å². The molecular formula is C14H23N5. The quantitative estimate of drug-likeness (QED) is 0.804. The average Bonchev–Trinajstić information content (AvgIpc) is 2.86. The molecule has 3 N–H and O–H groups in total. The van der Waals surface area contributed by atoms with Crippen LogP contribution in [-0.2, 0) is 0 Å². The molecule has 0 saturated carbocycles. The van der Waals surface area contributed by atoms with Crippen LogP contribution in [0.5, 0.6) is 0 Å². The molecule has 0 aliphatic rings. The summed E-state index contributed by atoms with van der Waals surface area (Å²) in [5, 5.41) is 3.40. The number of rotatable bonds is 7. The molecule has 0 aliphatic carbocycles. The maximum atomic E-state index is 5.80. The van der Waals surface area contributed by atoms with Gasteiger partial charge in [0.15, 0.2) is 11.5 Å². The monoisotopic (exact) mass is 261 g/mol. The molecule has 0 saturated heterocycles. The Labute approximate surface area is 114 Å². The molecule has 0 radical (unpaired) electrons. The maximum absolute atomic E-state index is 5.80. The van der Waals surface area contributed by atoms with Gasteiger partial charge in [0.05, 0.1) is 6.20 Å². The predicted molar refractivity (Wildman–Crippen MR) is 79.2 cm³/mol. The van der Waals surface area contributed by atoms with Crippen molar-refractivity contribution in [2.24, 2.45) is 5.92 Å². The van der Waals surface area contributed by atoms with Gasteiger partial charge in [-0.25, -0.2) is 9.97 Å². The topological polar surface area (TPSA) is 68.2 Å². The van der Waals surface area contributed by atoms with Crippen LogP contribution >= 0.6 is 0 Å². The molecule has 1 unspecified atom stereocenters. The normalized spacial score (nSPS) is 12.7. The first-order chi connectivity index (χ1) is 9.24. The Kier molecular flexibility index (Phi) is 4.60. The van der Waals surface area contributed by atoms with E-state index in [2.05, 4.69) is 29.1 Å². The Hall–Kier alpha value is -1.78. The molecule has 1 atom stereocenters. The van der Waals surface area contributed by atoms with E-state index in [1.807, 2.05) is 10.6 Å². The van der Waals surface area contributed by atoms with Crippen molar-refractivity contribution < 1.29 is 0 Å². The second-order valence-electron chi connectivity index (χ2n) is 4.97. The molecule has 5 heteroatoms. The minimum Gasteiger partial charge on any atom is -0.382 e. The van der Waals surface area contributed by atoms with Crippen molar-refractivity contribution >= 4 is 17.3 Å². The van der Waals surface area contributed by atoms with Crippen molar-refractivity contribution in [3.63, 3.8) is 0 Å². The fourth-order valence-electron chi connectivity index (χ4n) is 2.25. The second-order valence-corrected chi connectivity index (χ2v) is 4.97. The molecule has 2 aromatic rings. The van der Waals surface area contributed by atoms with Gasteiger partial charge in [0.2, 0.25) is 0 Å². The summed E-state index contributed by atoms with van der Waals surface area (Å²) < 4.78 is 1.90. The Balaban J connectivity index is 2.06. The summed E-state index contributed by atoms with van der Waals surface area (Å²) in [5.41, 5.74) is 6.64. The van der Waals surface area contributed by atoms with Crippen molar-refractivity contribution in [2.75, 3.05) is 17.6 Å². The fourth-order valence-corrected chi connectivity index (χ4v) is 2.25. The number of nitrogens with one attached hydrogen (secondary N) is 1. The summed E-state index contributed by atoms with van der Waals surface area (Å²) in [7, 11) is 0. The third kappa shape index (κ3) is 3.36. The van der Waals surface area contributed by atoms with E-state index in [1.54, 1.807) is 12.4 Å². The Morgan fingerprint density at radius 2 is 2.26 bits per heavy atom. The third-order valence-corrected chi connectivity index (χ3v) is 3.49. The zero-order chi connectivity index (χ0) is 13.7. The summed E-state index contributed by atoms with van der Waals surface area (Å²) >= 11 is 0. The standard InChI is InChI=1S/C14H23N5/c1-3-5-6-11(4-2)9-17-13-14-16-7-8-19(14)10-12(15)18-13/h7-8,10-11H,3-6,9,15H2,1-2H3,(H,17,18). The highest BCUT2D eigenvalue weighted by molar-refractivity contribution is 5.64. The van der Waals surface area contributed by atoms with Crippen LogP contribution in [0.4, 0.5) is 11.6 Å². The smallest absolute Gasteiger partial charge is 0.180 e. The van der Waals surface area contributed by atoms with Crippen molar-refractivity contribution in [1.29, 1.82) is 0 Å². The highest BCUT2D eigenvalue weighted by Gasteiger charge is 2.09. The van der Waals surface area contributed by atoms with Gasteiger partial charge in [-0.1, -0.05) is 33.1 Å². The van der Waals surface area contributed by atoms with Crippen molar-refractivity contribution in [3.8, 4) is 0 Å². The molecule has 2 heterocycles. The van der Waals surface area contributed by atoms with Gasteiger partial charge < -0.3 is 15.5 Å². The van der Waals surface area contributed by atoms with Crippen LogP contribution in [0.1, 0.15) is 39.5 Å². The maximum Gasteiger partial charge on any atom is 0.180 e. The van der Waals surface area contributed by atoms with E-state index >= 15 is 0 Å². The minimum atomic E-state index is 0.509. The summed E-state index contributed by atoms with van der Waals surface area (Å²) in [6, 6.07) is 0. The highest BCUT2D eigenvalue weighted by atomic mass is 15.1. The number of aromatic nitrogens is 3. The van der Waals surface area contributed by atoms with Crippen LogP contribution in [0.15, 0.2) is 18.6 Å². The predicted octanol–water partition coefficient (Wildman–Crippen LogP) is 2.94. The average molecular weight is 261 g/mol. The van der Waals surface area contributed by atoms with E-state index in [0.717, 1.165) is 18.0 Å². The minimum absolute atomic E-state index is 0.509. The number of hydrogen-bond donors (Lipinski definition) is 2. The largest absolute Gasteiger partial charge is 0.382 e. The Bertz CT molecular complexity index is 520. The number of nitrogens with zero attached hydrogens (tertiary/aromatic N) is 3. The number of imidazole rings is 1. The lowest BCUT2D eigenvalue weighted by molar-refractivity contribution is 0.472. The lowest BCUT2D eigenvalue weighted by atomic mass is 9.99. The van der Waals surface area contributed by atoms with E-state index in [4.69, 9.17) is 5.73 Å². The molecular weight excluding hydrogens is 238 g/mol. The first-order valence-corrected chi connectivity index (χ1v) is 7.07. The SMILES string of the molecule is CCCCC(CC)CNc1nc(N)cn2ccnc12. The van der Waals surface area contributed by atoms with E-state index in [9.17, 15) is 0 Å². The first-order valence-electron chi connectivity index (χ1n) is 7.07. The van der Waals surface area contributed by atoms with Gasteiger partial charge in [0.1, 0.15) is 5.82 Å². The summed E-state index contributed by atoms with van der Waals surface area (Å²) in [6.45, 7) is 5.39. The van der Waals surface area contributed by atoms with Crippen molar-refractivity contribution in [1.82, 2.24) is 14.4 Å². The molecule has 19 heavy (non-hydrogen) atoms. The second kappa shape index (κ2) is 6.41. The number of nitrogens with two attached hydrogens (primary N) is 1. The summed E-state index contributed by atoms with van der Waals surface area (Å²) in [6.07, 6.45) is 10.4. The van der Waals surface area contributed by atoms with Gasteiger partial charge in [-0.15, -0.1) is 0 Å². The lowest BCUT2D eigenvalue weighted by Gasteiger charge is -2.16. The molecule has 0 bridgehead atoms. The van der Waals surface area contributed by atoms with Crippen LogP contribution in [0.25, 0.3) is 5.65 Å². The van der Waals surface area contributed by atoms with Gasteiger partial charge in [0, 0.05) is 18.9 Å². The number of anilines is 2.